The van der Waals surface area contributed by atoms with E-state index in [0.29, 0.717) is 0 Å². The zero-order chi connectivity index (χ0) is 11.4. The van der Waals surface area contributed by atoms with Crippen LogP contribution in [-0.2, 0) is 0 Å². The number of rotatable bonds is 3. The van der Waals surface area contributed by atoms with Gasteiger partial charge in [0.05, 0.1) is 11.9 Å². The molecule has 0 bridgehead atoms. The second-order valence-corrected chi connectivity index (χ2v) is 4.65. The third-order valence-corrected chi connectivity index (χ3v) is 3.37. The molecule has 0 aliphatic carbocycles. The van der Waals surface area contributed by atoms with E-state index < -0.39 is 0 Å². The fraction of sp³-hybridized carbons (Fsp3) is 0.615. The van der Waals surface area contributed by atoms with Crippen LogP contribution < -0.4 is 10.2 Å². The molecule has 0 spiro atoms. The molecule has 1 aliphatic heterocycles. The third kappa shape index (κ3) is 2.73. The molecule has 88 valence electrons. The largest absolute Gasteiger partial charge is 0.370 e. The average Bonchev–Trinajstić information content (AvgIpc) is 2.32. The zero-order valence-electron chi connectivity index (χ0n) is 10.2. The first-order valence-corrected chi connectivity index (χ1v) is 6.12. The maximum atomic E-state index is 4.36. The monoisotopic (exact) mass is 219 g/mol. The SMILES string of the molecule is CNCC1CCN(c2ccc(C)nc2)CC1. The highest BCUT2D eigenvalue weighted by Crippen LogP contribution is 2.22. The van der Waals surface area contributed by atoms with Crippen molar-refractivity contribution >= 4 is 5.69 Å². The molecule has 0 radical (unpaired) electrons. The van der Waals surface area contributed by atoms with Crippen molar-refractivity contribution in [1.29, 1.82) is 0 Å². The van der Waals surface area contributed by atoms with E-state index in [4.69, 9.17) is 0 Å². The molecule has 3 heteroatoms. The van der Waals surface area contributed by atoms with Gasteiger partial charge in [-0.05, 0) is 51.4 Å². The van der Waals surface area contributed by atoms with Gasteiger partial charge in [0.1, 0.15) is 0 Å². The highest BCUT2D eigenvalue weighted by molar-refractivity contribution is 5.44. The van der Waals surface area contributed by atoms with Gasteiger partial charge in [-0.1, -0.05) is 0 Å². The van der Waals surface area contributed by atoms with Crippen LogP contribution in [0.3, 0.4) is 0 Å². The molecule has 0 aromatic carbocycles. The Hall–Kier alpha value is -1.09. The first-order valence-electron chi connectivity index (χ1n) is 6.12. The summed E-state index contributed by atoms with van der Waals surface area (Å²) in [7, 11) is 2.04. The van der Waals surface area contributed by atoms with Gasteiger partial charge in [0.15, 0.2) is 0 Å². The van der Waals surface area contributed by atoms with Crippen LogP contribution in [0.15, 0.2) is 18.3 Å². The van der Waals surface area contributed by atoms with E-state index in [0.717, 1.165) is 31.2 Å². The molecule has 1 fully saturated rings. The van der Waals surface area contributed by atoms with Gasteiger partial charge in [-0.2, -0.15) is 0 Å². The number of anilines is 1. The van der Waals surface area contributed by atoms with Crippen LogP contribution in [-0.4, -0.2) is 31.7 Å². The van der Waals surface area contributed by atoms with Gasteiger partial charge < -0.3 is 10.2 Å². The Balaban J connectivity index is 1.91. The molecular formula is C13H21N3. The molecule has 1 aliphatic rings. The van der Waals surface area contributed by atoms with Crippen LogP contribution in [0.1, 0.15) is 18.5 Å². The summed E-state index contributed by atoms with van der Waals surface area (Å²) in [6.45, 7) is 5.51. The molecule has 0 saturated carbocycles. The first-order chi connectivity index (χ1) is 7.79. The van der Waals surface area contributed by atoms with E-state index in [1.165, 1.54) is 18.5 Å². The molecule has 1 N–H and O–H groups in total. The Morgan fingerprint density at radius 2 is 2.12 bits per heavy atom. The normalized spacial score (nSPS) is 17.8. The number of pyridine rings is 1. The molecule has 16 heavy (non-hydrogen) atoms. The highest BCUT2D eigenvalue weighted by Gasteiger charge is 2.18. The van der Waals surface area contributed by atoms with Crippen molar-refractivity contribution in [3.8, 4) is 0 Å². The zero-order valence-corrected chi connectivity index (χ0v) is 10.2. The lowest BCUT2D eigenvalue weighted by Crippen LogP contribution is -2.36. The minimum Gasteiger partial charge on any atom is -0.370 e. The summed E-state index contributed by atoms with van der Waals surface area (Å²) in [5.74, 6) is 0.847. The quantitative estimate of drug-likeness (QED) is 0.840. The second-order valence-electron chi connectivity index (χ2n) is 4.65. The van der Waals surface area contributed by atoms with Gasteiger partial charge in [0.2, 0.25) is 0 Å². The highest BCUT2D eigenvalue weighted by atomic mass is 15.1. The molecule has 1 aromatic rings. The van der Waals surface area contributed by atoms with Crippen LogP contribution >= 0.6 is 0 Å². The molecule has 0 atom stereocenters. The minimum atomic E-state index is 0.847. The van der Waals surface area contributed by atoms with Gasteiger partial charge >= 0.3 is 0 Å². The number of aromatic nitrogens is 1. The predicted octanol–water partition coefficient (Wildman–Crippen LogP) is 1.83. The fourth-order valence-corrected chi connectivity index (χ4v) is 2.33. The number of hydrogen-bond acceptors (Lipinski definition) is 3. The van der Waals surface area contributed by atoms with E-state index in [9.17, 15) is 0 Å². The van der Waals surface area contributed by atoms with E-state index in [1.54, 1.807) is 0 Å². The molecule has 1 saturated heterocycles. The van der Waals surface area contributed by atoms with E-state index in [2.05, 4.69) is 27.3 Å². The molecule has 3 nitrogen and oxygen atoms in total. The van der Waals surface area contributed by atoms with Crippen molar-refractivity contribution in [1.82, 2.24) is 10.3 Å². The van der Waals surface area contributed by atoms with Crippen molar-refractivity contribution < 1.29 is 0 Å². The summed E-state index contributed by atoms with van der Waals surface area (Å²) >= 11 is 0. The number of hydrogen-bond donors (Lipinski definition) is 1. The van der Waals surface area contributed by atoms with E-state index in [-0.39, 0.29) is 0 Å². The summed E-state index contributed by atoms with van der Waals surface area (Å²) in [5.41, 5.74) is 2.36. The van der Waals surface area contributed by atoms with Gasteiger partial charge in [-0.3, -0.25) is 4.98 Å². The van der Waals surface area contributed by atoms with Crippen molar-refractivity contribution in [2.75, 3.05) is 31.6 Å². The van der Waals surface area contributed by atoms with Gasteiger partial charge in [-0.25, -0.2) is 0 Å². The molecule has 1 aromatic heterocycles. The van der Waals surface area contributed by atoms with Crippen molar-refractivity contribution in [2.45, 2.75) is 19.8 Å². The maximum Gasteiger partial charge on any atom is 0.0552 e. The molecule has 0 unspecified atom stereocenters. The van der Waals surface area contributed by atoms with Gasteiger partial charge in [0.25, 0.3) is 0 Å². The molecule has 0 amide bonds. The molecular weight excluding hydrogens is 198 g/mol. The maximum absolute atomic E-state index is 4.36. The van der Waals surface area contributed by atoms with E-state index >= 15 is 0 Å². The Bertz CT molecular complexity index is 312. The van der Waals surface area contributed by atoms with Crippen LogP contribution in [0.4, 0.5) is 5.69 Å². The van der Waals surface area contributed by atoms with E-state index in [1.807, 2.05) is 20.2 Å². The Kier molecular flexibility index (Phi) is 3.78. The van der Waals surface area contributed by atoms with Crippen molar-refractivity contribution in [3.05, 3.63) is 24.0 Å². The predicted molar refractivity (Wildman–Crippen MR) is 67.8 cm³/mol. The molecule has 2 rings (SSSR count). The third-order valence-electron chi connectivity index (χ3n) is 3.37. The standard InChI is InChI=1S/C13H21N3/c1-11-3-4-13(10-15-11)16-7-5-12(6-8-16)9-14-2/h3-4,10,12,14H,5-9H2,1-2H3. The van der Waals surface area contributed by atoms with Gasteiger partial charge in [0, 0.05) is 18.8 Å². The lowest BCUT2D eigenvalue weighted by molar-refractivity contribution is 0.393. The van der Waals surface area contributed by atoms with Crippen LogP contribution in [0.25, 0.3) is 0 Å². The van der Waals surface area contributed by atoms with Crippen molar-refractivity contribution in [3.63, 3.8) is 0 Å². The first kappa shape index (κ1) is 11.4. The Morgan fingerprint density at radius 1 is 1.38 bits per heavy atom. The van der Waals surface area contributed by atoms with Crippen LogP contribution in [0.2, 0.25) is 0 Å². The summed E-state index contributed by atoms with van der Waals surface area (Å²) in [4.78, 5) is 6.80. The average molecular weight is 219 g/mol. The molecule has 2 heterocycles. The summed E-state index contributed by atoms with van der Waals surface area (Å²) in [5, 5.41) is 3.27. The summed E-state index contributed by atoms with van der Waals surface area (Å²) < 4.78 is 0. The Morgan fingerprint density at radius 3 is 2.69 bits per heavy atom. The van der Waals surface area contributed by atoms with Crippen molar-refractivity contribution in [2.24, 2.45) is 5.92 Å². The minimum absolute atomic E-state index is 0.847. The summed E-state index contributed by atoms with van der Waals surface area (Å²) in [6.07, 6.45) is 4.57. The van der Waals surface area contributed by atoms with Gasteiger partial charge in [-0.15, -0.1) is 0 Å². The summed E-state index contributed by atoms with van der Waals surface area (Å²) in [6, 6.07) is 4.27. The lowest BCUT2D eigenvalue weighted by Gasteiger charge is -2.33. The lowest BCUT2D eigenvalue weighted by atomic mass is 9.96. The number of nitrogens with one attached hydrogen (secondary N) is 1. The topological polar surface area (TPSA) is 28.2 Å². The van der Waals surface area contributed by atoms with Crippen LogP contribution in [0, 0.1) is 12.8 Å². The van der Waals surface area contributed by atoms with Crippen LogP contribution in [0.5, 0.6) is 0 Å². The fourth-order valence-electron chi connectivity index (χ4n) is 2.33. The smallest absolute Gasteiger partial charge is 0.0552 e. The number of aryl methyl sites for hydroxylation is 1. The second kappa shape index (κ2) is 5.30. The Labute approximate surface area is 97.9 Å². The number of nitrogens with zero attached hydrogens (tertiary/aromatic N) is 2. The number of piperidine rings is 1.